The number of rotatable bonds is 4. The zero-order valence-electron chi connectivity index (χ0n) is 12.4. The highest BCUT2D eigenvalue weighted by Gasteiger charge is 2.35. The van der Waals surface area contributed by atoms with Crippen molar-refractivity contribution in [3.8, 4) is 0 Å². The number of halogens is 2. The van der Waals surface area contributed by atoms with Gasteiger partial charge in [-0.2, -0.15) is 0 Å². The Labute approximate surface area is 153 Å². The highest BCUT2D eigenvalue weighted by Crippen LogP contribution is 2.39. The molecule has 2 heterocycles. The second-order valence-electron chi connectivity index (χ2n) is 5.69. The van der Waals surface area contributed by atoms with Crippen LogP contribution in [0.5, 0.6) is 0 Å². The molecular weight excluding hydrogens is 398 g/mol. The zero-order chi connectivity index (χ0) is 16.4. The number of nitrogens with zero attached hydrogens (tertiary/aromatic N) is 1. The normalized spacial score (nSPS) is 20.3. The molecule has 1 aliphatic heterocycles. The monoisotopic (exact) mass is 413 g/mol. The summed E-state index contributed by atoms with van der Waals surface area (Å²) in [6, 6.07) is 11.4. The number of hydrogen-bond donors (Lipinski definition) is 1. The lowest BCUT2D eigenvalue weighted by molar-refractivity contribution is -0.145. The molecule has 1 fully saturated rings. The fraction of sp³-hybridized carbons (Fsp3) is 0.353. The molecule has 6 heteroatoms. The summed E-state index contributed by atoms with van der Waals surface area (Å²) in [7, 11) is 0. The molecule has 0 amide bonds. The number of piperidine rings is 1. The maximum Gasteiger partial charge on any atom is 0.320 e. The van der Waals surface area contributed by atoms with Crippen LogP contribution in [0.3, 0.4) is 0 Å². The molecule has 1 saturated heterocycles. The van der Waals surface area contributed by atoms with Crippen molar-refractivity contribution in [2.45, 2.75) is 31.3 Å². The number of thiophene rings is 1. The van der Waals surface area contributed by atoms with Crippen molar-refractivity contribution in [1.82, 2.24) is 4.90 Å². The van der Waals surface area contributed by atoms with Gasteiger partial charge < -0.3 is 5.11 Å². The van der Waals surface area contributed by atoms with Gasteiger partial charge in [-0.3, -0.25) is 9.69 Å². The summed E-state index contributed by atoms with van der Waals surface area (Å²) in [6.45, 7) is 0.781. The molecule has 1 aromatic heterocycles. The summed E-state index contributed by atoms with van der Waals surface area (Å²) in [5.74, 6) is -0.743. The van der Waals surface area contributed by atoms with Crippen LogP contribution in [0.15, 0.2) is 40.9 Å². The molecule has 1 aromatic carbocycles. The van der Waals surface area contributed by atoms with Crippen molar-refractivity contribution in [3.05, 3.63) is 55.6 Å². The number of carbonyl (C=O) groups is 1. The number of hydrogen-bond acceptors (Lipinski definition) is 3. The molecule has 2 unspecified atom stereocenters. The number of likely N-dealkylation sites (tertiary alicyclic amines) is 1. The fourth-order valence-corrected chi connectivity index (χ4v) is 4.83. The van der Waals surface area contributed by atoms with Crippen LogP contribution in [0.4, 0.5) is 0 Å². The van der Waals surface area contributed by atoms with E-state index in [0.29, 0.717) is 6.42 Å². The quantitative estimate of drug-likeness (QED) is 0.748. The van der Waals surface area contributed by atoms with E-state index >= 15 is 0 Å². The zero-order valence-corrected chi connectivity index (χ0v) is 15.6. The van der Waals surface area contributed by atoms with Gasteiger partial charge in [0.1, 0.15) is 6.04 Å². The van der Waals surface area contributed by atoms with Gasteiger partial charge in [-0.1, -0.05) is 46.1 Å². The summed E-state index contributed by atoms with van der Waals surface area (Å²) in [4.78, 5) is 14.9. The first-order chi connectivity index (χ1) is 11.1. The summed E-state index contributed by atoms with van der Waals surface area (Å²) >= 11 is 11.2. The van der Waals surface area contributed by atoms with Crippen LogP contribution >= 0.6 is 38.9 Å². The third-order valence-corrected chi connectivity index (χ3v) is 5.97. The van der Waals surface area contributed by atoms with E-state index in [9.17, 15) is 9.90 Å². The Bertz CT molecular complexity index is 705. The van der Waals surface area contributed by atoms with E-state index in [1.54, 1.807) is 0 Å². The third kappa shape index (κ3) is 3.79. The Kier molecular flexibility index (Phi) is 5.42. The molecule has 0 bridgehead atoms. The van der Waals surface area contributed by atoms with Crippen molar-refractivity contribution in [1.29, 1.82) is 0 Å². The predicted molar refractivity (Wildman–Crippen MR) is 97.3 cm³/mol. The fourth-order valence-electron chi connectivity index (χ4n) is 3.20. The van der Waals surface area contributed by atoms with E-state index in [1.165, 1.54) is 11.3 Å². The Morgan fingerprint density at radius 2 is 2.17 bits per heavy atom. The van der Waals surface area contributed by atoms with Crippen LogP contribution in [-0.4, -0.2) is 28.6 Å². The molecule has 3 nitrogen and oxygen atoms in total. The largest absolute Gasteiger partial charge is 0.480 e. The van der Waals surface area contributed by atoms with Gasteiger partial charge in [-0.05, 0) is 49.2 Å². The first-order valence-electron chi connectivity index (χ1n) is 7.55. The summed E-state index contributed by atoms with van der Waals surface area (Å²) in [5, 5.41) is 9.64. The van der Waals surface area contributed by atoms with Gasteiger partial charge in [0.05, 0.1) is 10.4 Å². The number of carboxylic acid groups (broad SMARTS) is 1. The minimum absolute atomic E-state index is 0.0774. The first-order valence-corrected chi connectivity index (χ1v) is 9.54. The molecule has 1 aliphatic rings. The van der Waals surface area contributed by atoms with Crippen molar-refractivity contribution < 1.29 is 9.90 Å². The van der Waals surface area contributed by atoms with E-state index in [4.69, 9.17) is 11.6 Å². The Morgan fingerprint density at radius 1 is 1.35 bits per heavy atom. The van der Waals surface area contributed by atoms with Crippen LogP contribution in [0, 0.1) is 0 Å². The topological polar surface area (TPSA) is 40.5 Å². The van der Waals surface area contributed by atoms with Crippen LogP contribution in [0.25, 0.3) is 0 Å². The van der Waals surface area contributed by atoms with E-state index in [2.05, 4.69) is 33.0 Å². The standard InChI is InChI=1S/C17H17BrClNO2S/c18-12-5-3-4-11(10-12)16(14-7-8-15(19)23-14)20-9-2-1-6-13(20)17(21)22/h3-5,7-8,10,13,16H,1-2,6,9H2,(H,21,22). The van der Waals surface area contributed by atoms with Gasteiger partial charge in [0.25, 0.3) is 0 Å². The molecule has 2 aromatic rings. The van der Waals surface area contributed by atoms with Gasteiger partial charge in [0.15, 0.2) is 0 Å². The maximum absolute atomic E-state index is 11.7. The SMILES string of the molecule is O=C(O)C1CCCCN1C(c1cccc(Br)c1)c1ccc(Cl)s1. The Balaban J connectivity index is 2.05. The molecule has 122 valence electrons. The summed E-state index contributed by atoms with van der Waals surface area (Å²) < 4.78 is 1.72. The average molecular weight is 415 g/mol. The van der Waals surface area contributed by atoms with Gasteiger partial charge >= 0.3 is 5.97 Å². The van der Waals surface area contributed by atoms with Gasteiger partial charge in [0, 0.05) is 9.35 Å². The Morgan fingerprint density at radius 3 is 2.83 bits per heavy atom. The highest BCUT2D eigenvalue weighted by molar-refractivity contribution is 9.10. The van der Waals surface area contributed by atoms with Gasteiger partial charge in [0.2, 0.25) is 0 Å². The minimum Gasteiger partial charge on any atom is -0.480 e. The Hall–Kier alpha value is -0.880. The van der Waals surface area contributed by atoms with Crippen molar-refractivity contribution in [2.75, 3.05) is 6.54 Å². The summed E-state index contributed by atoms with van der Waals surface area (Å²) in [6.07, 6.45) is 2.68. The lowest BCUT2D eigenvalue weighted by Crippen LogP contribution is -2.46. The number of carboxylic acids is 1. The molecule has 0 radical (unpaired) electrons. The van der Waals surface area contributed by atoms with Crippen LogP contribution < -0.4 is 0 Å². The smallest absolute Gasteiger partial charge is 0.320 e. The van der Waals surface area contributed by atoms with E-state index in [-0.39, 0.29) is 6.04 Å². The van der Waals surface area contributed by atoms with E-state index < -0.39 is 12.0 Å². The lowest BCUT2D eigenvalue weighted by Gasteiger charge is -2.39. The molecular formula is C17H17BrClNO2S. The molecule has 1 N–H and O–H groups in total. The minimum atomic E-state index is -0.743. The maximum atomic E-state index is 11.7. The summed E-state index contributed by atoms with van der Waals surface area (Å²) in [5.41, 5.74) is 1.09. The average Bonchev–Trinajstić information content (AvgIpc) is 2.94. The molecule has 0 saturated carbocycles. The molecule has 0 spiro atoms. The van der Waals surface area contributed by atoms with Crippen molar-refractivity contribution in [2.24, 2.45) is 0 Å². The van der Waals surface area contributed by atoms with E-state index in [1.807, 2.05) is 24.3 Å². The second-order valence-corrected chi connectivity index (χ2v) is 8.35. The second kappa shape index (κ2) is 7.34. The van der Waals surface area contributed by atoms with E-state index in [0.717, 1.165) is 38.6 Å². The van der Waals surface area contributed by atoms with Gasteiger partial charge in [-0.25, -0.2) is 0 Å². The third-order valence-electron chi connectivity index (χ3n) is 4.19. The van der Waals surface area contributed by atoms with Crippen LogP contribution in [0.1, 0.15) is 35.7 Å². The predicted octanol–water partition coefficient (Wildman–Crippen LogP) is 5.19. The highest BCUT2D eigenvalue weighted by atomic mass is 79.9. The molecule has 0 aliphatic carbocycles. The number of aliphatic carboxylic acids is 1. The lowest BCUT2D eigenvalue weighted by atomic mass is 9.95. The van der Waals surface area contributed by atoms with Crippen molar-refractivity contribution >= 4 is 44.8 Å². The molecule has 3 rings (SSSR count). The molecule has 2 atom stereocenters. The number of benzene rings is 1. The molecule has 23 heavy (non-hydrogen) atoms. The van der Waals surface area contributed by atoms with Gasteiger partial charge in [-0.15, -0.1) is 11.3 Å². The van der Waals surface area contributed by atoms with Crippen molar-refractivity contribution in [3.63, 3.8) is 0 Å². The first kappa shape index (κ1) is 17.0. The van der Waals surface area contributed by atoms with Crippen LogP contribution in [-0.2, 0) is 4.79 Å². The van der Waals surface area contributed by atoms with Crippen LogP contribution in [0.2, 0.25) is 4.34 Å².